The van der Waals surface area contributed by atoms with Crippen molar-refractivity contribution in [3.63, 3.8) is 0 Å². The van der Waals surface area contributed by atoms with Crippen molar-refractivity contribution < 1.29 is 5.21 Å². The largest absolute Gasteiger partial charge is 0.411 e. The van der Waals surface area contributed by atoms with Gasteiger partial charge in [0.15, 0.2) is 10.8 Å². The Hall–Kier alpha value is -3.17. The lowest BCUT2D eigenvalue weighted by atomic mass is 10.2. The van der Waals surface area contributed by atoms with Crippen molar-refractivity contribution in [3.8, 4) is 0 Å². The van der Waals surface area contributed by atoms with Crippen LogP contribution in [0, 0.1) is 0 Å². The Kier molecular flexibility index (Phi) is 5.44. The van der Waals surface area contributed by atoms with E-state index in [4.69, 9.17) is 5.21 Å². The molecule has 0 aliphatic carbocycles. The van der Waals surface area contributed by atoms with Crippen molar-refractivity contribution in [2.24, 2.45) is 5.16 Å². The van der Waals surface area contributed by atoms with Crippen LogP contribution in [0.4, 0.5) is 5.69 Å². The van der Waals surface area contributed by atoms with Gasteiger partial charge in [-0.15, -0.1) is 10.2 Å². The zero-order valence-electron chi connectivity index (χ0n) is 18.3. The number of hydrogen-bond acceptors (Lipinski definition) is 8. The van der Waals surface area contributed by atoms with Crippen LogP contribution in [-0.2, 0) is 0 Å². The maximum absolute atomic E-state index is 9.09. The molecule has 1 aliphatic rings. The first kappa shape index (κ1) is 20.7. The van der Waals surface area contributed by atoms with Crippen LogP contribution < -0.4 is 4.90 Å². The van der Waals surface area contributed by atoms with E-state index < -0.39 is 0 Å². The molecule has 8 nitrogen and oxygen atoms in total. The molecule has 0 amide bonds. The molecule has 5 rings (SSSR count). The predicted octanol–water partition coefficient (Wildman–Crippen LogP) is 3.77. The molecule has 164 valence electrons. The molecule has 1 saturated heterocycles. The van der Waals surface area contributed by atoms with Gasteiger partial charge in [-0.25, -0.2) is 0 Å². The van der Waals surface area contributed by atoms with Crippen LogP contribution in [0.25, 0.3) is 16.6 Å². The van der Waals surface area contributed by atoms with E-state index in [1.54, 1.807) is 18.7 Å². The highest BCUT2D eigenvalue weighted by Gasteiger charge is 2.24. The van der Waals surface area contributed by atoms with Gasteiger partial charge in [-0.2, -0.15) is 0 Å². The van der Waals surface area contributed by atoms with Crippen molar-refractivity contribution in [3.05, 3.63) is 54.4 Å². The smallest absolute Gasteiger partial charge is 0.200 e. The average molecular weight is 448 g/mol. The summed E-state index contributed by atoms with van der Waals surface area (Å²) in [5, 5.41) is 22.9. The third-order valence-corrected chi connectivity index (χ3v) is 7.00. The first-order valence-corrected chi connectivity index (χ1v) is 11.4. The van der Waals surface area contributed by atoms with Crippen LogP contribution >= 0.6 is 11.8 Å². The van der Waals surface area contributed by atoms with Gasteiger partial charge in [0.1, 0.15) is 0 Å². The van der Waals surface area contributed by atoms with Crippen molar-refractivity contribution in [1.82, 2.24) is 24.5 Å². The molecule has 9 heteroatoms. The minimum absolute atomic E-state index is 0.541. The molecule has 32 heavy (non-hydrogen) atoms. The van der Waals surface area contributed by atoms with E-state index in [1.807, 2.05) is 35.0 Å². The second kappa shape index (κ2) is 8.40. The number of benzene rings is 1. The van der Waals surface area contributed by atoms with Crippen LogP contribution in [-0.4, -0.2) is 68.6 Å². The van der Waals surface area contributed by atoms with E-state index >= 15 is 0 Å². The van der Waals surface area contributed by atoms with Gasteiger partial charge in [-0.1, -0.05) is 5.16 Å². The van der Waals surface area contributed by atoms with Gasteiger partial charge in [-0.3, -0.25) is 9.38 Å². The van der Waals surface area contributed by atoms with E-state index in [0.717, 1.165) is 45.3 Å². The minimum Gasteiger partial charge on any atom is -0.411 e. The summed E-state index contributed by atoms with van der Waals surface area (Å²) in [5.41, 5.74) is 4.25. The van der Waals surface area contributed by atoms with E-state index in [2.05, 4.69) is 62.4 Å². The number of rotatable bonds is 5. The molecule has 3 aromatic heterocycles. The standard InChI is InChI=1S/C23H25N7OS/c1-15(27-31)16-4-7-22-25-26-23(30(22)13-16)32-20-5-6-21-17(11-20)10-19(12-24-21)29-9-8-18(14-29)28(2)3/h4-7,10-13,18,31H,8-9,14H2,1-3H3. The molecule has 0 radical (unpaired) electrons. The predicted molar refractivity (Wildman–Crippen MR) is 127 cm³/mol. The summed E-state index contributed by atoms with van der Waals surface area (Å²) in [6.07, 6.45) is 5.04. The summed E-state index contributed by atoms with van der Waals surface area (Å²) in [6, 6.07) is 12.8. The summed E-state index contributed by atoms with van der Waals surface area (Å²) < 4.78 is 1.92. The van der Waals surface area contributed by atoms with E-state index in [0.29, 0.717) is 11.8 Å². The molecule has 4 aromatic rings. The molecule has 4 heterocycles. The Morgan fingerprint density at radius 1 is 1.19 bits per heavy atom. The Labute approximate surface area is 190 Å². The van der Waals surface area contributed by atoms with E-state index in [9.17, 15) is 0 Å². The van der Waals surface area contributed by atoms with Crippen molar-refractivity contribution in [1.29, 1.82) is 0 Å². The summed E-state index contributed by atoms with van der Waals surface area (Å²) in [5.74, 6) is 0. The molecular weight excluding hydrogens is 422 g/mol. The number of fused-ring (bicyclic) bond motifs is 2. The summed E-state index contributed by atoms with van der Waals surface area (Å²) >= 11 is 1.55. The molecule has 1 atom stereocenters. The lowest BCUT2D eigenvalue weighted by Gasteiger charge is -2.21. The highest BCUT2D eigenvalue weighted by Crippen LogP contribution is 2.31. The van der Waals surface area contributed by atoms with Crippen molar-refractivity contribution in [2.75, 3.05) is 32.1 Å². The van der Waals surface area contributed by atoms with Crippen molar-refractivity contribution in [2.45, 2.75) is 29.4 Å². The molecular formula is C23H25N7OS. The van der Waals surface area contributed by atoms with Gasteiger partial charge < -0.3 is 15.0 Å². The zero-order chi connectivity index (χ0) is 22.2. The Bertz CT molecular complexity index is 1320. The number of hydrogen-bond donors (Lipinski definition) is 1. The molecule has 0 spiro atoms. The van der Waals surface area contributed by atoms with Gasteiger partial charge in [0.2, 0.25) is 0 Å². The maximum atomic E-state index is 9.09. The number of oxime groups is 1. The summed E-state index contributed by atoms with van der Waals surface area (Å²) in [7, 11) is 4.29. The van der Waals surface area contributed by atoms with Crippen LogP contribution in [0.1, 0.15) is 18.9 Å². The Morgan fingerprint density at radius 2 is 2.06 bits per heavy atom. The Morgan fingerprint density at radius 3 is 2.84 bits per heavy atom. The van der Waals surface area contributed by atoms with Crippen LogP contribution in [0.5, 0.6) is 0 Å². The molecule has 0 saturated carbocycles. The minimum atomic E-state index is 0.541. The lowest BCUT2D eigenvalue weighted by Crippen LogP contribution is -2.31. The fourth-order valence-electron chi connectivity index (χ4n) is 4.05. The topological polar surface area (TPSA) is 82.1 Å². The van der Waals surface area contributed by atoms with Gasteiger partial charge in [-0.05, 0) is 75.6 Å². The van der Waals surface area contributed by atoms with Crippen molar-refractivity contribution >= 4 is 39.7 Å². The molecule has 1 N–H and O–H groups in total. The number of nitrogens with zero attached hydrogens (tertiary/aromatic N) is 7. The molecule has 1 aliphatic heterocycles. The number of anilines is 1. The first-order chi connectivity index (χ1) is 15.5. The summed E-state index contributed by atoms with van der Waals surface area (Å²) in [4.78, 5) is 10.5. The monoisotopic (exact) mass is 447 g/mol. The van der Waals surface area contributed by atoms with Crippen LogP contribution in [0.2, 0.25) is 0 Å². The first-order valence-electron chi connectivity index (χ1n) is 10.5. The summed E-state index contributed by atoms with van der Waals surface area (Å²) in [6.45, 7) is 3.84. The van der Waals surface area contributed by atoms with Crippen LogP contribution in [0.3, 0.4) is 0 Å². The molecule has 0 bridgehead atoms. The number of likely N-dealkylation sites (N-methyl/N-ethyl adjacent to an activating group) is 1. The molecule has 1 unspecified atom stereocenters. The second-order valence-corrected chi connectivity index (χ2v) is 9.36. The Balaban J connectivity index is 1.44. The third kappa shape index (κ3) is 3.89. The normalized spacial score (nSPS) is 17.2. The van der Waals surface area contributed by atoms with Gasteiger partial charge in [0.25, 0.3) is 0 Å². The average Bonchev–Trinajstić information content (AvgIpc) is 3.46. The number of pyridine rings is 2. The second-order valence-electron chi connectivity index (χ2n) is 8.32. The van der Waals surface area contributed by atoms with Gasteiger partial charge in [0.05, 0.1) is 23.1 Å². The molecule has 1 fully saturated rings. The number of aromatic nitrogens is 4. The maximum Gasteiger partial charge on any atom is 0.200 e. The SMILES string of the molecule is CC(=NO)c1ccc2nnc(Sc3ccc4ncc(N5CCC(N(C)C)C5)cc4c3)n2c1. The fraction of sp³-hybridized carbons (Fsp3) is 0.304. The highest BCUT2D eigenvalue weighted by molar-refractivity contribution is 7.99. The highest BCUT2D eigenvalue weighted by atomic mass is 32.2. The van der Waals surface area contributed by atoms with E-state index in [1.165, 1.54) is 12.1 Å². The van der Waals surface area contributed by atoms with Gasteiger partial charge in [0, 0.05) is 41.2 Å². The molecule has 1 aromatic carbocycles. The van der Waals surface area contributed by atoms with Gasteiger partial charge >= 0.3 is 0 Å². The third-order valence-electron chi connectivity index (χ3n) is 6.05. The lowest BCUT2D eigenvalue weighted by molar-refractivity contribution is 0.315. The van der Waals surface area contributed by atoms with Crippen LogP contribution in [0.15, 0.2) is 64.0 Å². The zero-order valence-corrected chi connectivity index (χ0v) is 19.1. The quantitative estimate of drug-likeness (QED) is 0.283. The fourth-order valence-corrected chi connectivity index (χ4v) is 4.91. The van der Waals surface area contributed by atoms with E-state index in [-0.39, 0.29) is 0 Å².